The number of benzene rings is 1. The second-order valence-corrected chi connectivity index (χ2v) is 8.07. The number of rotatable bonds is 3. The van der Waals surface area contributed by atoms with E-state index in [1.165, 1.54) is 12.1 Å². The number of hydrogen-bond acceptors (Lipinski definition) is 5. The highest BCUT2D eigenvalue weighted by Gasteiger charge is 2.29. The van der Waals surface area contributed by atoms with Crippen LogP contribution in [0.5, 0.6) is 0 Å². The minimum absolute atomic E-state index is 0.0625. The van der Waals surface area contributed by atoms with Gasteiger partial charge in [0.1, 0.15) is 17.3 Å². The number of nitrogens with one attached hydrogen (secondary N) is 1. The maximum atomic E-state index is 13.9. The molecule has 0 saturated carbocycles. The number of fused-ring (bicyclic) bond motifs is 1. The van der Waals surface area contributed by atoms with Gasteiger partial charge in [-0.25, -0.2) is 18.7 Å². The van der Waals surface area contributed by atoms with E-state index in [9.17, 15) is 9.18 Å². The zero-order chi connectivity index (χ0) is 21.4. The molecule has 2 aliphatic heterocycles. The van der Waals surface area contributed by atoms with Gasteiger partial charge in [-0.3, -0.25) is 0 Å². The van der Waals surface area contributed by atoms with Crippen LogP contribution >= 0.6 is 11.6 Å². The molecule has 162 valence electrons. The third-order valence-corrected chi connectivity index (χ3v) is 6.10. The number of aromatic nitrogens is 3. The third-order valence-electron chi connectivity index (χ3n) is 5.76. The number of halogens is 2. The highest BCUT2D eigenvalue weighted by Crippen LogP contribution is 2.38. The summed E-state index contributed by atoms with van der Waals surface area (Å²) in [6.45, 7) is 2.94. The van der Waals surface area contributed by atoms with Crippen molar-refractivity contribution in [2.75, 3.05) is 43.1 Å². The molecule has 1 N–H and O–H groups in total. The van der Waals surface area contributed by atoms with Crippen molar-refractivity contribution in [2.45, 2.75) is 18.9 Å². The van der Waals surface area contributed by atoms with Gasteiger partial charge in [-0.05, 0) is 42.7 Å². The maximum absolute atomic E-state index is 13.9. The number of hydrogen-bond donors (Lipinski definition) is 1. The second-order valence-electron chi connectivity index (χ2n) is 7.66. The number of amides is 2. The van der Waals surface area contributed by atoms with Crippen molar-refractivity contribution in [2.24, 2.45) is 0 Å². The van der Waals surface area contributed by atoms with Crippen LogP contribution in [0.2, 0.25) is 5.02 Å². The molecule has 31 heavy (non-hydrogen) atoms. The number of anilines is 2. The minimum atomic E-state index is -0.307. The summed E-state index contributed by atoms with van der Waals surface area (Å²) in [7, 11) is 0. The van der Waals surface area contributed by atoms with Crippen molar-refractivity contribution in [3.05, 3.63) is 53.1 Å². The van der Waals surface area contributed by atoms with E-state index >= 15 is 0 Å². The van der Waals surface area contributed by atoms with E-state index in [-0.39, 0.29) is 17.9 Å². The van der Waals surface area contributed by atoms with Gasteiger partial charge in [0.25, 0.3) is 0 Å². The molecule has 0 aliphatic carbocycles. The topological polar surface area (TPSA) is 75.0 Å². The molecule has 2 aliphatic rings. The largest absolute Gasteiger partial charge is 0.378 e. The van der Waals surface area contributed by atoms with Gasteiger partial charge in [0.05, 0.1) is 25.5 Å². The first-order valence-corrected chi connectivity index (χ1v) is 10.7. The van der Waals surface area contributed by atoms with Gasteiger partial charge >= 0.3 is 6.03 Å². The molecule has 0 radical (unpaired) electrons. The van der Waals surface area contributed by atoms with Crippen molar-refractivity contribution in [1.82, 2.24) is 19.5 Å². The number of carbonyl (C=O) groups is 1. The Morgan fingerprint density at radius 3 is 2.90 bits per heavy atom. The van der Waals surface area contributed by atoms with Gasteiger partial charge in [-0.15, -0.1) is 0 Å². The Hall–Kier alpha value is -2.91. The fourth-order valence-corrected chi connectivity index (χ4v) is 4.45. The Kier molecular flexibility index (Phi) is 5.37. The summed E-state index contributed by atoms with van der Waals surface area (Å²) in [6, 6.07) is 6.07. The van der Waals surface area contributed by atoms with E-state index < -0.39 is 0 Å². The van der Waals surface area contributed by atoms with Crippen LogP contribution in [0.25, 0.3) is 5.65 Å². The summed E-state index contributed by atoms with van der Waals surface area (Å²) < 4.78 is 20.8. The number of morpholine rings is 1. The van der Waals surface area contributed by atoms with Crippen LogP contribution in [-0.4, -0.2) is 58.4 Å². The fraction of sp³-hybridized carbons (Fsp3) is 0.381. The first kappa shape index (κ1) is 20.0. The van der Waals surface area contributed by atoms with E-state index in [0.29, 0.717) is 42.7 Å². The van der Waals surface area contributed by atoms with Gasteiger partial charge in [-0.2, -0.15) is 5.10 Å². The van der Waals surface area contributed by atoms with Crippen LogP contribution in [0.15, 0.2) is 36.7 Å². The predicted molar refractivity (Wildman–Crippen MR) is 115 cm³/mol. The predicted octanol–water partition coefficient (Wildman–Crippen LogP) is 3.73. The molecule has 2 saturated heterocycles. The molecule has 8 nitrogen and oxygen atoms in total. The summed E-state index contributed by atoms with van der Waals surface area (Å²) >= 11 is 6.37. The fourth-order valence-electron chi connectivity index (χ4n) is 4.20. The second kappa shape index (κ2) is 8.32. The van der Waals surface area contributed by atoms with Crippen LogP contribution in [0.4, 0.5) is 20.7 Å². The molecule has 1 atom stereocenters. The van der Waals surface area contributed by atoms with Gasteiger partial charge < -0.3 is 19.9 Å². The molecule has 2 amide bonds. The molecule has 0 bridgehead atoms. The summed E-state index contributed by atoms with van der Waals surface area (Å²) in [4.78, 5) is 21.2. The Bertz CT molecular complexity index is 1120. The lowest BCUT2D eigenvalue weighted by Crippen LogP contribution is -2.43. The molecular weight excluding hydrogens is 423 g/mol. The van der Waals surface area contributed by atoms with E-state index in [4.69, 9.17) is 21.3 Å². The molecule has 1 aromatic carbocycles. The minimum Gasteiger partial charge on any atom is -0.378 e. The van der Waals surface area contributed by atoms with Crippen LogP contribution < -0.4 is 10.2 Å². The van der Waals surface area contributed by atoms with Crippen LogP contribution in [0, 0.1) is 5.82 Å². The monoisotopic (exact) mass is 444 g/mol. The van der Waals surface area contributed by atoms with Crippen molar-refractivity contribution >= 4 is 34.8 Å². The molecule has 4 heterocycles. The highest BCUT2D eigenvalue weighted by molar-refractivity contribution is 6.31. The molecule has 10 heteroatoms. The van der Waals surface area contributed by atoms with Gasteiger partial charge in [0, 0.05) is 30.9 Å². The first-order chi connectivity index (χ1) is 15.1. The highest BCUT2D eigenvalue weighted by atomic mass is 35.5. The van der Waals surface area contributed by atoms with Crippen molar-refractivity contribution < 1.29 is 13.9 Å². The standard InChI is InChI=1S/C21H22ClFN6O2/c22-16-4-3-14(23)12-15(16)18-2-1-6-28(18)19-5-7-29-20(26-19)17(13-24-29)25-21(30)27-8-10-31-11-9-27/h3-5,7,12-13,18H,1-2,6,8-11H2,(H,25,30). The Morgan fingerprint density at radius 1 is 1.23 bits per heavy atom. The quantitative estimate of drug-likeness (QED) is 0.666. The molecule has 3 aromatic rings. The maximum Gasteiger partial charge on any atom is 0.322 e. The average Bonchev–Trinajstić information content (AvgIpc) is 3.43. The van der Waals surface area contributed by atoms with Crippen molar-refractivity contribution in [3.63, 3.8) is 0 Å². The average molecular weight is 445 g/mol. The van der Waals surface area contributed by atoms with Crippen molar-refractivity contribution in [1.29, 1.82) is 0 Å². The van der Waals surface area contributed by atoms with Crippen LogP contribution in [0.3, 0.4) is 0 Å². The van der Waals surface area contributed by atoms with Gasteiger partial charge in [-0.1, -0.05) is 11.6 Å². The zero-order valence-corrected chi connectivity index (χ0v) is 17.6. The Morgan fingerprint density at radius 2 is 2.06 bits per heavy atom. The first-order valence-electron chi connectivity index (χ1n) is 10.3. The normalized spacial score (nSPS) is 19.2. The van der Waals surface area contributed by atoms with Gasteiger partial charge in [0.15, 0.2) is 5.65 Å². The Labute approximate surface area is 183 Å². The lowest BCUT2D eigenvalue weighted by molar-refractivity contribution is 0.0565. The summed E-state index contributed by atoms with van der Waals surface area (Å²) in [6.07, 6.45) is 5.21. The lowest BCUT2D eigenvalue weighted by atomic mass is 10.0. The molecule has 5 rings (SSSR count). The summed E-state index contributed by atoms with van der Waals surface area (Å²) in [5.74, 6) is 0.427. The molecule has 1 unspecified atom stereocenters. The number of nitrogens with zero attached hydrogens (tertiary/aromatic N) is 5. The van der Waals surface area contributed by atoms with E-state index in [1.54, 1.807) is 21.7 Å². The summed E-state index contributed by atoms with van der Waals surface area (Å²) in [5.41, 5.74) is 1.85. The third kappa shape index (κ3) is 3.90. The molecule has 0 spiro atoms. The number of ether oxygens (including phenoxy) is 1. The number of urea groups is 1. The SMILES string of the molecule is O=C(Nc1cnn2ccc(N3CCCC3c3cc(F)ccc3Cl)nc12)N1CCOCC1. The number of carbonyl (C=O) groups excluding carboxylic acids is 1. The zero-order valence-electron chi connectivity index (χ0n) is 16.8. The van der Waals surface area contributed by atoms with Gasteiger partial charge in [0.2, 0.25) is 0 Å². The Balaban J connectivity index is 1.43. The molecule has 2 fully saturated rings. The summed E-state index contributed by atoms with van der Waals surface area (Å²) in [5, 5.41) is 7.75. The van der Waals surface area contributed by atoms with E-state index in [0.717, 1.165) is 30.8 Å². The van der Waals surface area contributed by atoms with E-state index in [1.807, 2.05) is 12.3 Å². The van der Waals surface area contributed by atoms with Crippen LogP contribution in [0.1, 0.15) is 24.4 Å². The lowest BCUT2D eigenvalue weighted by Gasteiger charge is -2.27. The van der Waals surface area contributed by atoms with E-state index in [2.05, 4.69) is 15.3 Å². The molecular formula is C21H22ClFN6O2. The van der Waals surface area contributed by atoms with Crippen molar-refractivity contribution in [3.8, 4) is 0 Å². The van der Waals surface area contributed by atoms with Crippen LogP contribution in [-0.2, 0) is 4.74 Å². The smallest absolute Gasteiger partial charge is 0.322 e. The molecule has 2 aromatic heterocycles.